The van der Waals surface area contributed by atoms with Crippen LogP contribution in [-0.2, 0) is 17.6 Å². The van der Waals surface area contributed by atoms with E-state index in [-0.39, 0.29) is 18.0 Å². The lowest BCUT2D eigenvalue weighted by atomic mass is 10.1. The highest BCUT2D eigenvalue weighted by Gasteiger charge is 2.36. The number of rotatable bonds is 8. The average Bonchev–Trinajstić information content (AvgIpc) is 3.07. The van der Waals surface area contributed by atoms with Crippen molar-refractivity contribution in [3.05, 3.63) is 107 Å². The maximum absolute atomic E-state index is 13.0. The highest BCUT2D eigenvalue weighted by molar-refractivity contribution is 5.99. The molecular formula is C25H25N3O2. The highest BCUT2D eigenvalue weighted by Crippen LogP contribution is 2.31. The highest BCUT2D eigenvalue weighted by atomic mass is 16.2. The molecule has 2 amide bonds. The number of benzene rings is 3. The van der Waals surface area contributed by atoms with Crippen LogP contribution in [0.25, 0.3) is 0 Å². The van der Waals surface area contributed by atoms with Gasteiger partial charge in [-0.2, -0.15) is 0 Å². The second-order valence-electron chi connectivity index (χ2n) is 7.40. The molecule has 3 aromatic rings. The summed E-state index contributed by atoms with van der Waals surface area (Å²) in [4.78, 5) is 27.1. The molecule has 4 rings (SSSR count). The molecule has 0 saturated carbocycles. The van der Waals surface area contributed by atoms with Crippen molar-refractivity contribution in [1.82, 2.24) is 15.8 Å². The monoisotopic (exact) mass is 399 g/mol. The van der Waals surface area contributed by atoms with Gasteiger partial charge in [0.25, 0.3) is 5.91 Å². The van der Waals surface area contributed by atoms with Crippen molar-refractivity contribution in [2.24, 2.45) is 0 Å². The Morgan fingerprint density at radius 2 is 1.40 bits per heavy atom. The normalized spacial score (nSPS) is 15.1. The van der Waals surface area contributed by atoms with Gasteiger partial charge in [-0.15, -0.1) is 0 Å². The van der Waals surface area contributed by atoms with Crippen molar-refractivity contribution in [2.45, 2.75) is 25.4 Å². The molecule has 30 heavy (non-hydrogen) atoms. The topological polar surface area (TPSA) is 61.4 Å². The van der Waals surface area contributed by atoms with Gasteiger partial charge in [0.15, 0.2) is 0 Å². The van der Waals surface area contributed by atoms with Gasteiger partial charge in [0, 0.05) is 24.1 Å². The molecule has 0 unspecified atom stereocenters. The molecule has 1 heterocycles. The summed E-state index contributed by atoms with van der Waals surface area (Å²) in [5, 5.41) is 0. The van der Waals surface area contributed by atoms with Crippen LogP contribution in [0.2, 0.25) is 0 Å². The molecule has 5 heteroatoms. The zero-order chi connectivity index (χ0) is 20.8. The molecule has 0 spiro atoms. The number of carbonyl (C=O) groups excluding carboxylic acids is 2. The van der Waals surface area contributed by atoms with Gasteiger partial charge in [0.1, 0.15) is 6.17 Å². The van der Waals surface area contributed by atoms with E-state index in [1.807, 2.05) is 72.8 Å². The summed E-state index contributed by atoms with van der Waals surface area (Å²) < 4.78 is 0. The van der Waals surface area contributed by atoms with Gasteiger partial charge in [0.05, 0.1) is 0 Å². The van der Waals surface area contributed by atoms with Crippen molar-refractivity contribution in [3.8, 4) is 0 Å². The van der Waals surface area contributed by atoms with Gasteiger partial charge in [0.2, 0.25) is 5.91 Å². The Labute approximate surface area is 176 Å². The summed E-state index contributed by atoms with van der Waals surface area (Å²) in [6.07, 6.45) is 1.43. The van der Waals surface area contributed by atoms with Gasteiger partial charge in [-0.05, 0) is 30.0 Å². The zero-order valence-corrected chi connectivity index (χ0v) is 16.8. The Kier molecular flexibility index (Phi) is 6.20. The lowest BCUT2D eigenvalue weighted by Gasteiger charge is -2.26. The van der Waals surface area contributed by atoms with Crippen molar-refractivity contribution in [1.29, 1.82) is 0 Å². The van der Waals surface area contributed by atoms with E-state index in [0.717, 1.165) is 17.5 Å². The number of carbonyl (C=O) groups is 2. The number of hydrogen-bond acceptors (Lipinski definition) is 3. The largest absolute Gasteiger partial charge is 0.317 e. The first-order valence-electron chi connectivity index (χ1n) is 10.2. The van der Waals surface area contributed by atoms with Crippen LogP contribution < -0.4 is 10.9 Å². The maximum Gasteiger partial charge on any atom is 0.255 e. The third-order valence-corrected chi connectivity index (χ3v) is 5.37. The van der Waals surface area contributed by atoms with Crippen LogP contribution in [0.3, 0.4) is 0 Å². The Morgan fingerprint density at radius 3 is 2.10 bits per heavy atom. The van der Waals surface area contributed by atoms with Crippen molar-refractivity contribution < 1.29 is 9.59 Å². The van der Waals surface area contributed by atoms with Crippen molar-refractivity contribution in [3.63, 3.8) is 0 Å². The number of amides is 2. The first-order chi connectivity index (χ1) is 14.7. The van der Waals surface area contributed by atoms with E-state index in [2.05, 4.69) is 23.0 Å². The summed E-state index contributed by atoms with van der Waals surface area (Å²) in [6.45, 7) is 0.565. The smallest absolute Gasteiger partial charge is 0.255 e. The first kappa shape index (κ1) is 19.9. The van der Waals surface area contributed by atoms with Gasteiger partial charge in [-0.25, -0.2) is 5.43 Å². The molecule has 0 fully saturated rings. The molecule has 5 nitrogen and oxygen atoms in total. The number of hydrazine groups is 1. The average molecular weight is 399 g/mol. The molecule has 1 atom stereocenters. The van der Waals surface area contributed by atoms with Crippen LogP contribution in [0.1, 0.15) is 39.6 Å². The lowest BCUT2D eigenvalue weighted by Crippen LogP contribution is -2.46. The SMILES string of the molecule is O=C(CCc1ccccc1)NN[C@@H]1c2ccccc2C(=O)N1CCc1ccccc1. The van der Waals surface area contributed by atoms with Crippen LogP contribution >= 0.6 is 0 Å². The minimum Gasteiger partial charge on any atom is -0.317 e. The van der Waals surface area contributed by atoms with Crippen molar-refractivity contribution >= 4 is 11.8 Å². The third-order valence-electron chi connectivity index (χ3n) is 5.37. The van der Waals surface area contributed by atoms with Crippen LogP contribution in [0.15, 0.2) is 84.9 Å². The lowest BCUT2D eigenvalue weighted by molar-refractivity contribution is -0.122. The van der Waals surface area contributed by atoms with E-state index in [1.54, 1.807) is 4.90 Å². The van der Waals surface area contributed by atoms with Crippen molar-refractivity contribution in [2.75, 3.05) is 6.54 Å². The van der Waals surface area contributed by atoms with Gasteiger partial charge < -0.3 is 4.90 Å². The van der Waals surface area contributed by atoms with E-state index in [9.17, 15) is 9.59 Å². The second kappa shape index (κ2) is 9.37. The standard InChI is InChI=1S/C25H25N3O2/c29-23(16-15-19-9-3-1-4-10-19)26-27-24-21-13-7-8-14-22(21)25(30)28(24)18-17-20-11-5-2-6-12-20/h1-14,24,27H,15-18H2,(H,26,29)/t24-/m0/s1. The van der Waals surface area contributed by atoms with Crippen LogP contribution in [0, 0.1) is 0 Å². The number of nitrogens with zero attached hydrogens (tertiary/aromatic N) is 1. The van der Waals surface area contributed by atoms with E-state index in [4.69, 9.17) is 0 Å². The summed E-state index contributed by atoms with van der Waals surface area (Å²) in [7, 11) is 0. The fraction of sp³-hybridized carbons (Fsp3) is 0.200. The predicted octanol–water partition coefficient (Wildman–Crippen LogP) is 3.64. The Morgan fingerprint density at radius 1 is 0.800 bits per heavy atom. The predicted molar refractivity (Wildman–Crippen MR) is 116 cm³/mol. The molecular weight excluding hydrogens is 374 g/mol. The first-order valence-corrected chi connectivity index (χ1v) is 10.2. The Bertz CT molecular complexity index is 1010. The molecule has 0 aromatic heterocycles. The van der Waals surface area contributed by atoms with E-state index in [0.29, 0.717) is 24.9 Å². The molecule has 0 saturated heterocycles. The van der Waals surface area contributed by atoms with E-state index >= 15 is 0 Å². The Hall–Kier alpha value is -3.44. The number of aryl methyl sites for hydroxylation is 1. The third kappa shape index (κ3) is 4.58. The summed E-state index contributed by atoms with van der Waals surface area (Å²) in [5.41, 5.74) is 9.76. The molecule has 1 aliphatic rings. The number of hydrogen-bond donors (Lipinski definition) is 2. The van der Waals surface area contributed by atoms with E-state index in [1.165, 1.54) is 5.56 Å². The quantitative estimate of drug-likeness (QED) is 0.569. The molecule has 0 aliphatic carbocycles. The second-order valence-corrected chi connectivity index (χ2v) is 7.40. The minimum absolute atomic E-state index is 0.0161. The Balaban J connectivity index is 1.40. The summed E-state index contributed by atoms with van der Waals surface area (Å²) in [5.74, 6) is -0.115. The molecule has 152 valence electrons. The molecule has 0 bridgehead atoms. The zero-order valence-electron chi connectivity index (χ0n) is 16.8. The maximum atomic E-state index is 13.0. The fourth-order valence-electron chi connectivity index (χ4n) is 3.76. The summed E-state index contributed by atoms with van der Waals surface area (Å²) in [6, 6.07) is 27.6. The van der Waals surface area contributed by atoms with Gasteiger partial charge in [-0.3, -0.25) is 15.0 Å². The van der Waals surface area contributed by atoms with Crippen LogP contribution in [0.5, 0.6) is 0 Å². The molecule has 0 radical (unpaired) electrons. The van der Waals surface area contributed by atoms with Crippen LogP contribution in [-0.4, -0.2) is 23.3 Å². The summed E-state index contributed by atoms with van der Waals surface area (Å²) >= 11 is 0. The number of nitrogens with one attached hydrogen (secondary N) is 2. The van der Waals surface area contributed by atoms with E-state index < -0.39 is 0 Å². The fourth-order valence-corrected chi connectivity index (χ4v) is 3.76. The molecule has 3 aromatic carbocycles. The van der Waals surface area contributed by atoms with Gasteiger partial charge >= 0.3 is 0 Å². The minimum atomic E-state index is -0.377. The number of fused-ring (bicyclic) bond motifs is 1. The van der Waals surface area contributed by atoms with Crippen LogP contribution in [0.4, 0.5) is 0 Å². The van der Waals surface area contributed by atoms with Gasteiger partial charge in [-0.1, -0.05) is 78.9 Å². The molecule has 1 aliphatic heterocycles. The molecule has 2 N–H and O–H groups in total.